The van der Waals surface area contributed by atoms with Crippen molar-refractivity contribution in [1.82, 2.24) is 5.32 Å². The molecular weight excluding hydrogens is 326 g/mol. The van der Waals surface area contributed by atoms with Gasteiger partial charge < -0.3 is 10.1 Å². The number of halogens is 1. The first kappa shape index (κ1) is 16.1. The van der Waals surface area contributed by atoms with Gasteiger partial charge >= 0.3 is 0 Å². The van der Waals surface area contributed by atoms with Gasteiger partial charge in [0.15, 0.2) is 0 Å². The molecule has 0 aliphatic rings. The Labute approximate surface area is 135 Å². The van der Waals surface area contributed by atoms with E-state index in [1.165, 1.54) is 11.1 Å². The maximum Gasteiger partial charge on any atom is 0.131 e. The van der Waals surface area contributed by atoms with Crippen LogP contribution in [-0.2, 0) is 6.54 Å². The van der Waals surface area contributed by atoms with Crippen LogP contribution in [0.3, 0.4) is 0 Å². The van der Waals surface area contributed by atoms with Crippen LogP contribution < -0.4 is 10.1 Å². The van der Waals surface area contributed by atoms with Crippen molar-refractivity contribution in [3.05, 3.63) is 58.1 Å². The van der Waals surface area contributed by atoms with Crippen LogP contribution >= 0.6 is 15.9 Å². The van der Waals surface area contributed by atoms with Gasteiger partial charge in [-0.15, -0.1) is 0 Å². The van der Waals surface area contributed by atoms with E-state index in [0.29, 0.717) is 5.92 Å². The molecule has 0 amide bonds. The third-order valence-corrected chi connectivity index (χ3v) is 3.85. The zero-order chi connectivity index (χ0) is 15.2. The molecule has 0 radical (unpaired) electrons. The first-order valence-electron chi connectivity index (χ1n) is 7.37. The number of rotatable bonds is 6. The van der Waals surface area contributed by atoms with Gasteiger partial charge in [0.25, 0.3) is 0 Å². The van der Waals surface area contributed by atoms with Crippen molar-refractivity contribution in [2.75, 3.05) is 6.54 Å². The van der Waals surface area contributed by atoms with E-state index in [2.05, 4.69) is 54.2 Å². The number of hydrogen-bond acceptors (Lipinski definition) is 2. The molecule has 1 N–H and O–H groups in total. The molecule has 0 saturated heterocycles. The van der Waals surface area contributed by atoms with Crippen molar-refractivity contribution in [3.63, 3.8) is 0 Å². The fourth-order valence-corrected chi connectivity index (χ4v) is 2.57. The smallest absolute Gasteiger partial charge is 0.131 e. The minimum Gasteiger partial charge on any atom is -0.457 e. The molecule has 0 unspecified atom stereocenters. The van der Waals surface area contributed by atoms with Crippen molar-refractivity contribution >= 4 is 15.9 Å². The van der Waals surface area contributed by atoms with E-state index in [9.17, 15) is 0 Å². The van der Waals surface area contributed by atoms with Gasteiger partial charge in [0, 0.05) is 16.6 Å². The molecule has 112 valence electrons. The first-order valence-corrected chi connectivity index (χ1v) is 8.17. The van der Waals surface area contributed by atoms with Gasteiger partial charge in [-0.3, -0.25) is 0 Å². The second-order valence-corrected chi connectivity index (χ2v) is 6.24. The van der Waals surface area contributed by atoms with Crippen molar-refractivity contribution in [3.8, 4) is 11.5 Å². The summed E-state index contributed by atoms with van der Waals surface area (Å²) < 4.78 is 7.28. The zero-order valence-electron chi connectivity index (χ0n) is 12.8. The van der Waals surface area contributed by atoms with Crippen LogP contribution in [0.25, 0.3) is 0 Å². The Hall–Kier alpha value is -1.32. The van der Waals surface area contributed by atoms with Crippen LogP contribution in [-0.4, -0.2) is 6.54 Å². The largest absolute Gasteiger partial charge is 0.457 e. The second-order valence-electron chi connectivity index (χ2n) is 5.33. The summed E-state index contributed by atoms with van der Waals surface area (Å²) in [5.41, 5.74) is 2.39. The van der Waals surface area contributed by atoms with Crippen molar-refractivity contribution in [1.29, 1.82) is 0 Å². The van der Waals surface area contributed by atoms with E-state index >= 15 is 0 Å². The predicted octanol–water partition coefficient (Wildman–Crippen LogP) is 5.47. The van der Waals surface area contributed by atoms with Gasteiger partial charge in [-0.25, -0.2) is 0 Å². The average molecular weight is 348 g/mol. The van der Waals surface area contributed by atoms with E-state index in [1.54, 1.807) is 0 Å². The molecule has 2 nitrogen and oxygen atoms in total. The van der Waals surface area contributed by atoms with E-state index in [1.807, 2.05) is 30.3 Å². The normalized spacial score (nSPS) is 10.9. The molecule has 0 aliphatic heterocycles. The van der Waals surface area contributed by atoms with Crippen LogP contribution in [0.15, 0.2) is 46.9 Å². The summed E-state index contributed by atoms with van der Waals surface area (Å²) in [5.74, 6) is 2.26. The maximum absolute atomic E-state index is 6.19. The number of para-hydroxylation sites is 1. The summed E-state index contributed by atoms with van der Waals surface area (Å²) in [7, 11) is 0. The molecular formula is C18H22BrNO. The summed E-state index contributed by atoms with van der Waals surface area (Å²) in [6.45, 7) is 8.23. The Morgan fingerprint density at radius 2 is 1.86 bits per heavy atom. The molecule has 0 spiro atoms. The summed E-state index contributed by atoms with van der Waals surface area (Å²) in [6, 6.07) is 14.4. The van der Waals surface area contributed by atoms with Crippen LogP contribution in [0.1, 0.15) is 37.8 Å². The van der Waals surface area contributed by atoms with Gasteiger partial charge in [-0.1, -0.05) is 54.9 Å². The van der Waals surface area contributed by atoms with Crippen molar-refractivity contribution in [2.24, 2.45) is 0 Å². The highest BCUT2D eigenvalue weighted by Crippen LogP contribution is 2.34. The maximum atomic E-state index is 6.19. The number of benzene rings is 2. The van der Waals surface area contributed by atoms with E-state index < -0.39 is 0 Å². The van der Waals surface area contributed by atoms with E-state index in [0.717, 1.165) is 29.1 Å². The predicted molar refractivity (Wildman–Crippen MR) is 92.1 cm³/mol. The molecule has 2 aromatic carbocycles. The van der Waals surface area contributed by atoms with Crippen molar-refractivity contribution < 1.29 is 4.74 Å². The van der Waals surface area contributed by atoms with Crippen LogP contribution in [0.5, 0.6) is 11.5 Å². The molecule has 0 bridgehead atoms. The van der Waals surface area contributed by atoms with Gasteiger partial charge in [0.1, 0.15) is 11.5 Å². The van der Waals surface area contributed by atoms with Gasteiger partial charge in [-0.2, -0.15) is 0 Å². The molecule has 21 heavy (non-hydrogen) atoms. The minimum atomic E-state index is 0.415. The Bertz CT molecular complexity index is 596. The second kappa shape index (κ2) is 7.62. The molecule has 2 aromatic rings. The van der Waals surface area contributed by atoms with Gasteiger partial charge in [0.2, 0.25) is 0 Å². The fourth-order valence-electron chi connectivity index (χ4n) is 2.19. The molecule has 0 saturated carbocycles. The Kier molecular flexibility index (Phi) is 5.83. The summed E-state index contributed by atoms with van der Waals surface area (Å²) in [6.07, 6.45) is 0. The molecule has 3 heteroatoms. The average Bonchev–Trinajstić information content (AvgIpc) is 2.48. The molecule has 2 rings (SSSR count). The van der Waals surface area contributed by atoms with E-state index in [-0.39, 0.29) is 0 Å². The number of hydrogen-bond donors (Lipinski definition) is 1. The minimum absolute atomic E-state index is 0.415. The Balaban J connectivity index is 2.30. The fraction of sp³-hybridized carbons (Fsp3) is 0.333. The first-order chi connectivity index (χ1) is 10.1. The molecule has 0 heterocycles. The van der Waals surface area contributed by atoms with E-state index in [4.69, 9.17) is 4.74 Å². The SMILES string of the molecule is CCNCc1ccccc1Oc1ccc(Br)cc1C(C)C. The highest BCUT2D eigenvalue weighted by molar-refractivity contribution is 9.10. The topological polar surface area (TPSA) is 21.3 Å². The number of ether oxygens (including phenoxy) is 1. The molecule has 0 fully saturated rings. The third-order valence-electron chi connectivity index (χ3n) is 3.35. The lowest BCUT2D eigenvalue weighted by Gasteiger charge is -2.16. The molecule has 0 aliphatic carbocycles. The lowest BCUT2D eigenvalue weighted by molar-refractivity contribution is 0.464. The Morgan fingerprint density at radius 1 is 1.10 bits per heavy atom. The van der Waals surface area contributed by atoms with Crippen molar-refractivity contribution in [2.45, 2.75) is 33.2 Å². The summed E-state index contributed by atoms with van der Waals surface area (Å²) in [4.78, 5) is 0. The van der Waals surface area contributed by atoms with Gasteiger partial charge in [-0.05, 0) is 42.3 Å². The van der Waals surface area contributed by atoms with Crippen LogP contribution in [0, 0.1) is 0 Å². The quantitative estimate of drug-likeness (QED) is 0.747. The highest BCUT2D eigenvalue weighted by Gasteiger charge is 2.11. The van der Waals surface area contributed by atoms with Crippen LogP contribution in [0.2, 0.25) is 0 Å². The lowest BCUT2D eigenvalue weighted by atomic mass is 10.0. The molecule has 0 atom stereocenters. The Morgan fingerprint density at radius 3 is 2.57 bits per heavy atom. The summed E-state index contributed by atoms with van der Waals surface area (Å²) >= 11 is 3.53. The summed E-state index contributed by atoms with van der Waals surface area (Å²) in [5, 5.41) is 3.35. The zero-order valence-corrected chi connectivity index (χ0v) is 14.4. The molecule has 0 aromatic heterocycles. The van der Waals surface area contributed by atoms with Gasteiger partial charge in [0.05, 0.1) is 0 Å². The van der Waals surface area contributed by atoms with Crippen LogP contribution in [0.4, 0.5) is 0 Å². The lowest BCUT2D eigenvalue weighted by Crippen LogP contribution is -2.12. The number of nitrogens with one attached hydrogen (secondary N) is 1. The monoisotopic (exact) mass is 347 g/mol. The highest BCUT2D eigenvalue weighted by atomic mass is 79.9. The third kappa shape index (κ3) is 4.32. The standard InChI is InChI=1S/C18H22BrNO/c1-4-20-12-14-7-5-6-8-17(14)21-18-10-9-15(19)11-16(18)13(2)3/h5-11,13,20H,4,12H2,1-3H3.